The third-order valence-corrected chi connectivity index (χ3v) is 2.43. The normalized spacial score (nSPS) is 10.1. The maximum absolute atomic E-state index is 11.7. The molecule has 0 atom stereocenters. The van der Waals surface area contributed by atoms with Crippen LogP contribution in [0.25, 0.3) is 0 Å². The van der Waals surface area contributed by atoms with E-state index in [0.717, 1.165) is 5.56 Å². The number of Topliss-reactive ketones (excluding diaryl/α,β-unsaturated/α-hetero) is 2. The van der Waals surface area contributed by atoms with Crippen LogP contribution in [0.1, 0.15) is 35.7 Å². The van der Waals surface area contributed by atoms with Crippen LogP contribution in [0.5, 0.6) is 0 Å². The Morgan fingerprint density at radius 1 is 1.27 bits per heavy atom. The van der Waals surface area contributed by atoms with Crippen LogP contribution in [0, 0.1) is 6.92 Å². The third-order valence-electron chi connectivity index (χ3n) is 2.19. The largest absolute Gasteiger partial charge is 0.300 e. The number of benzene rings is 1. The lowest BCUT2D eigenvalue weighted by Gasteiger charge is -2.04. The Labute approximate surface area is 94.2 Å². The van der Waals surface area contributed by atoms with Crippen LogP contribution in [0.3, 0.4) is 0 Å². The number of halogens is 1. The van der Waals surface area contributed by atoms with E-state index in [9.17, 15) is 9.59 Å². The highest BCUT2D eigenvalue weighted by molar-refractivity contribution is 6.30. The molecule has 15 heavy (non-hydrogen) atoms. The van der Waals surface area contributed by atoms with Gasteiger partial charge in [-0.2, -0.15) is 0 Å². The Balaban J connectivity index is 2.78. The summed E-state index contributed by atoms with van der Waals surface area (Å²) in [4.78, 5) is 22.4. The van der Waals surface area contributed by atoms with Crippen molar-refractivity contribution in [3.8, 4) is 0 Å². The molecule has 0 aliphatic rings. The molecule has 2 nitrogen and oxygen atoms in total. The Morgan fingerprint density at radius 2 is 1.93 bits per heavy atom. The Hall–Kier alpha value is -1.15. The maximum Gasteiger partial charge on any atom is 0.163 e. The summed E-state index contributed by atoms with van der Waals surface area (Å²) in [6.07, 6.45) is 0.582. The van der Waals surface area contributed by atoms with E-state index >= 15 is 0 Å². The lowest BCUT2D eigenvalue weighted by atomic mass is 10.0. The molecule has 0 spiro atoms. The number of rotatable bonds is 4. The number of carbonyl (C=O) groups excluding carboxylic acids is 2. The first-order chi connectivity index (χ1) is 7.00. The molecule has 0 heterocycles. The van der Waals surface area contributed by atoms with E-state index in [1.165, 1.54) is 6.92 Å². The number of aryl methyl sites for hydroxylation is 1. The lowest BCUT2D eigenvalue weighted by molar-refractivity contribution is -0.116. The average Bonchev–Trinajstić information content (AvgIpc) is 2.14. The van der Waals surface area contributed by atoms with Gasteiger partial charge in [0.2, 0.25) is 0 Å². The summed E-state index contributed by atoms with van der Waals surface area (Å²) in [5.74, 6) is 0.0364. The zero-order valence-electron chi connectivity index (χ0n) is 8.84. The minimum Gasteiger partial charge on any atom is -0.300 e. The monoisotopic (exact) mass is 224 g/mol. The highest BCUT2D eigenvalue weighted by atomic mass is 35.5. The van der Waals surface area contributed by atoms with E-state index in [0.29, 0.717) is 17.0 Å². The molecule has 0 saturated heterocycles. The standard InChI is InChI=1S/C12H13ClO2/c1-8-7-10(13)4-5-11(8)12(15)6-3-9(2)14/h4-5,7H,3,6H2,1-2H3. The van der Waals surface area contributed by atoms with Gasteiger partial charge in [0.25, 0.3) is 0 Å². The molecule has 1 aromatic rings. The first-order valence-electron chi connectivity index (χ1n) is 4.79. The van der Waals surface area contributed by atoms with Gasteiger partial charge < -0.3 is 4.79 Å². The maximum atomic E-state index is 11.7. The van der Waals surface area contributed by atoms with Crippen molar-refractivity contribution in [2.24, 2.45) is 0 Å². The molecule has 0 fully saturated rings. The van der Waals surface area contributed by atoms with Crippen LogP contribution in [0.2, 0.25) is 5.02 Å². The van der Waals surface area contributed by atoms with Crippen molar-refractivity contribution >= 4 is 23.2 Å². The molecule has 0 aliphatic carbocycles. The van der Waals surface area contributed by atoms with Gasteiger partial charge >= 0.3 is 0 Å². The van der Waals surface area contributed by atoms with Crippen molar-refractivity contribution in [1.29, 1.82) is 0 Å². The second-order valence-corrected chi connectivity index (χ2v) is 4.02. The van der Waals surface area contributed by atoms with Gasteiger partial charge in [0.1, 0.15) is 5.78 Å². The summed E-state index contributed by atoms with van der Waals surface area (Å²) in [5, 5.41) is 0.621. The Morgan fingerprint density at radius 3 is 2.47 bits per heavy atom. The van der Waals surface area contributed by atoms with Gasteiger partial charge in [0.15, 0.2) is 5.78 Å². The van der Waals surface area contributed by atoms with Crippen molar-refractivity contribution in [3.63, 3.8) is 0 Å². The summed E-state index contributed by atoms with van der Waals surface area (Å²) in [6, 6.07) is 5.15. The molecule has 0 N–H and O–H groups in total. The second kappa shape index (κ2) is 5.08. The van der Waals surface area contributed by atoms with Crippen LogP contribution in [-0.2, 0) is 4.79 Å². The minimum absolute atomic E-state index is 0.000586. The molecule has 0 saturated carbocycles. The van der Waals surface area contributed by atoms with E-state index in [1.54, 1.807) is 18.2 Å². The lowest BCUT2D eigenvalue weighted by Crippen LogP contribution is -2.04. The molecule has 0 amide bonds. The van der Waals surface area contributed by atoms with Crippen molar-refractivity contribution in [3.05, 3.63) is 34.3 Å². The van der Waals surface area contributed by atoms with Gasteiger partial charge in [-0.1, -0.05) is 11.6 Å². The summed E-state index contributed by atoms with van der Waals surface area (Å²) in [5.41, 5.74) is 1.51. The summed E-state index contributed by atoms with van der Waals surface area (Å²) >= 11 is 5.78. The third kappa shape index (κ3) is 3.48. The van der Waals surface area contributed by atoms with Crippen molar-refractivity contribution in [1.82, 2.24) is 0 Å². The topological polar surface area (TPSA) is 34.1 Å². The van der Waals surface area contributed by atoms with Crippen molar-refractivity contribution in [2.75, 3.05) is 0 Å². The van der Waals surface area contributed by atoms with Gasteiger partial charge in [0, 0.05) is 23.4 Å². The predicted octanol–water partition coefficient (Wildman–Crippen LogP) is 3.20. The van der Waals surface area contributed by atoms with E-state index in [2.05, 4.69) is 0 Å². The molecular weight excluding hydrogens is 212 g/mol. The molecule has 0 bridgehead atoms. The van der Waals surface area contributed by atoms with E-state index in [4.69, 9.17) is 11.6 Å². The van der Waals surface area contributed by atoms with Gasteiger partial charge in [-0.15, -0.1) is 0 Å². The highest BCUT2D eigenvalue weighted by Crippen LogP contribution is 2.17. The summed E-state index contributed by atoms with van der Waals surface area (Å²) in [7, 11) is 0. The van der Waals surface area contributed by atoms with Crippen LogP contribution < -0.4 is 0 Å². The number of hydrogen-bond acceptors (Lipinski definition) is 2. The number of ketones is 2. The predicted molar refractivity (Wildman–Crippen MR) is 60.4 cm³/mol. The fourth-order valence-electron chi connectivity index (χ4n) is 1.36. The quantitative estimate of drug-likeness (QED) is 0.736. The Kier molecular flexibility index (Phi) is 4.04. The zero-order valence-corrected chi connectivity index (χ0v) is 9.60. The second-order valence-electron chi connectivity index (χ2n) is 3.58. The van der Waals surface area contributed by atoms with Crippen molar-refractivity contribution < 1.29 is 9.59 Å². The van der Waals surface area contributed by atoms with E-state index < -0.39 is 0 Å². The van der Waals surface area contributed by atoms with Crippen LogP contribution in [-0.4, -0.2) is 11.6 Å². The van der Waals surface area contributed by atoms with Gasteiger partial charge in [-0.25, -0.2) is 0 Å². The summed E-state index contributed by atoms with van der Waals surface area (Å²) in [6.45, 7) is 3.33. The highest BCUT2D eigenvalue weighted by Gasteiger charge is 2.09. The molecule has 0 radical (unpaired) electrons. The van der Waals surface area contributed by atoms with Crippen molar-refractivity contribution in [2.45, 2.75) is 26.7 Å². The molecule has 0 aliphatic heterocycles. The molecule has 80 valence electrons. The fourth-order valence-corrected chi connectivity index (χ4v) is 1.59. The zero-order chi connectivity index (χ0) is 11.4. The average molecular weight is 225 g/mol. The Bertz CT molecular complexity index is 397. The van der Waals surface area contributed by atoms with E-state index in [-0.39, 0.29) is 18.0 Å². The molecule has 1 aromatic carbocycles. The first kappa shape index (κ1) is 11.9. The van der Waals surface area contributed by atoms with Crippen LogP contribution >= 0.6 is 11.6 Å². The summed E-state index contributed by atoms with van der Waals surface area (Å²) < 4.78 is 0. The number of hydrogen-bond donors (Lipinski definition) is 0. The fraction of sp³-hybridized carbons (Fsp3) is 0.333. The molecule has 3 heteroatoms. The minimum atomic E-state index is -0.000586. The first-order valence-corrected chi connectivity index (χ1v) is 5.17. The van der Waals surface area contributed by atoms with Crippen LogP contribution in [0.15, 0.2) is 18.2 Å². The molecule has 0 aromatic heterocycles. The molecule has 0 unspecified atom stereocenters. The SMILES string of the molecule is CC(=O)CCC(=O)c1ccc(Cl)cc1C. The molecular formula is C12H13ClO2. The number of carbonyl (C=O) groups is 2. The molecule has 1 rings (SSSR count). The van der Waals surface area contributed by atoms with Gasteiger partial charge in [-0.3, -0.25) is 4.79 Å². The van der Waals surface area contributed by atoms with E-state index in [1.807, 2.05) is 6.92 Å². The van der Waals surface area contributed by atoms with Gasteiger partial charge in [0.05, 0.1) is 0 Å². The van der Waals surface area contributed by atoms with Gasteiger partial charge in [-0.05, 0) is 37.6 Å². The van der Waals surface area contributed by atoms with Crippen LogP contribution in [0.4, 0.5) is 0 Å². The smallest absolute Gasteiger partial charge is 0.163 e.